The average Bonchev–Trinajstić information content (AvgIpc) is 1.73. The highest BCUT2D eigenvalue weighted by Crippen LogP contribution is 2.20. The lowest BCUT2D eigenvalue weighted by atomic mass is 9.96. The van der Waals surface area contributed by atoms with Gasteiger partial charge in [-0.25, -0.2) is 4.79 Å². The van der Waals surface area contributed by atoms with Crippen LogP contribution in [0.25, 0.3) is 10.9 Å². The topological polar surface area (TPSA) is 691 Å². The fourth-order valence-electron chi connectivity index (χ4n) is 10.0. The van der Waals surface area contributed by atoms with Crippen LogP contribution < -0.4 is 92.9 Å². The molecule has 2 rings (SSSR count). The molecule has 40 nitrogen and oxygen atoms in total. The first-order valence-electron chi connectivity index (χ1n) is 33.2. The number of carbonyl (C=O) groups is 16. The molecule has 0 spiro atoms. The molecule has 2 aromatic rings. The van der Waals surface area contributed by atoms with Crippen molar-refractivity contribution in [2.45, 2.75) is 204 Å². The summed E-state index contributed by atoms with van der Waals surface area (Å²) in [4.78, 5) is 220. The van der Waals surface area contributed by atoms with Gasteiger partial charge >= 0.3 is 11.9 Å². The molecule has 574 valence electrons. The molecular weight excluding hydrogens is 1360 g/mol. The van der Waals surface area contributed by atoms with Gasteiger partial charge in [-0.3, -0.25) is 76.9 Å². The van der Waals surface area contributed by atoms with E-state index in [1.165, 1.54) is 40.8 Å². The molecule has 29 N–H and O–H groups in total. The number of primary amides is 3. The van der Waals surface area contributed by atoms with Crippen molar-refractivity contribution in [1.29, 1.82) is 0 Å². The van der Waals surface area contributed by atoms with Crippen molar-refractivity contribution in [3.8, 4) is 0 Å². The maximum atomic E-state index is 14.6. The number of aliphatic imine (C=N–C) groups is 1. The summed E-state index contributed by atoms with van der Waals surface area (Å²) >= 11 is 0. The van der Waals surface area contributed by atoms with E-state index in [0.29, 0.717) is 16.5 Å². The Hall–Kier alpha value is -10.6. The highest BCUT2D eigenvalue weighted by atomic mass is 16.4. The van der Waals surface area contributed by atoms with Crippen LogP contribution in [-0.4, -0.2) is 229 Å². The lowest BCUT2D eigenvalue weighted by Crippen LogP contribution is -2.63. The molecule has 14 atom stereocenters. The number of para-hydroxylation sites is 1. The fraction of sp³-hybridized carbons (Fsp3) is 0.603. The largest absolute Gasteiger partial charge is 0.481 e. The molecule has 1 aromatic heterocycles. The quantitative estimate of drug-likeness (QED) is 0.0166. The third kappa shape index (κ3) is 30.6. The zero-order valence-electron chi connectivity index (χ0n) is 58.4. The molecule has 0 fully saturated rings. The molecule has 0 unspecified atom stereocenters. The first-order chi connectivity index (χ1) is 48.3. The normalized spacial score (nSPS) is 15.3. The van der Waals surface area contributed by atoms with E-state index in [1.807, 2.05) is 0 Å². The summed E-state index contributed by atoms with van der Waals surface area (Å²) in [6, 6.07) is -13.4. The van der Waals surface area contributed by atoms with Crippen molar-refractivity contribution in [2.24, 2.45) is 57.1 Å². The predicted molar refractivity (Wildman–Crippen MR) is 366 cm³/mol. The first kappa shape index (κ1) is 88.5. The van der Waals surface area contributed by atoms with E-state index in [0.717, 1.165) is 6.92 Å². The van der Waals surface area contributed by atoms with Gasteiger partial charge in [0, 0.05) is 55.7 Å². The average molecular weight is 1460 g/mol. The van der Waals surface area contributed by atoms with E-state index in [4.69, 9.17) is 34.4 Å². The maximum absolute atomic E-state index is 14.6. The number of hydrogen-bond donors (Lipinski definition) is 23. The molecule has 14 amide bonds. The Kier molecular flexibility index (Phi) is 37.7. The van der Waals surface area contributed by atoms with Crippen LogP contribution >= 0.6 is 0 Å². The second-order valence-electron chi connectivity index (χ2n) is 25.3. The number of aromatic nitrogens is 1. The zero-order chi connectivity index (χ0) is 78.1. The minimum atomic E-state index is -1.96. The Morgan fingerprint density at radius 1 is 0.456 bits per heavy atom. The number of H-pyrrole nitrogens is 1. The van der Waals surface area contributed by atoms with Crippen LogP contribution in [0.1, 0.15) is 125 Å². The SMILES string of the molecule is CC[C@H](C)[C@H](NC(=O)[C@@H](NC(=O)[C@H](Cc1c[nH]c2ccccc12)NC(=O)[C@H](CO)NC(=O)[C@H](CCC(N)=O)NC(=O)[C@@H](N)CCC(N)=O)[C@@H](C)O)C(=O)N[C@@H](CCC(N)=O)C(=O)N[C@@H](CCCN=C(N)N)C(=O)N[C@@H](CCC(=O)O)C(=O)N[C@H](C(=O)N[C@@H](CO)C(=O)N[C@H](C(=O)O)C(C)C)C(C)C. The predicted octanol–water partition coefficient (Wildman–Crippen LogP) is -8.11. The van der Waals surface area contributed by atoms with E-state index in [2.05, 4.69) is 68.5 Å². The third-order valence-corrected chi connectivity index (χ3v) is 16.2. The number of fused-ring (bicyclic) bond motifs is 1. The molecule has 0 bridgehead atoms. The van der Waals surface area contributed by atoms with E-state index in [9.17, 15) is 102 Å². The Morgan fingerprint density at radius 3 is 1.31 bits per heavy atom. The van der Waals surface area contributed by atoms with Crippen LogP contribution in [0.5, 0.6) is 0 Å². The van der Waals surface area contributed by atoms with Crippen molar-refractivity contribution in [1.82, 2.24) is 63.5 Å². The summed E-state index contributed by atoms with van der Waals surface area (Å²) in [7, 11) is 0. The second kappa shape index (κ2) is 43.9. The molecule has 40 heteroatoms. The minimum absolute atomic E-state index is 0.0797. The molecule has 0 radical (unpaired) electrons. The molecule has 0 saturated carbocycles. The summed E-state index contributed by atoms with van der Waals surface area (Å²) in [6.45, 7) is 7.81. The first-order valence-corrected chi connectivity index (χ1v) is 33.2. The number of aliphatic hydroxyl groups is 3. The van der Waals surface area contributed by atoms with Crippen molar-refractivity contribution < 1.29 is 102 Å². The monoisotopic (exact) mass is 1460 g/mol. The zero-order valence-corrected chi connectivity index (χ0v) is 58.4. The van der Waals surface area contributed by atoms with Gasteiger partial charge in [0.05, 0.1) is 25.4 Å². The summed E-state index contributed by atoms with van der Waals surface area (Å²) in [5.74, 6) is -20.6. The van der Waals surface area contributed by atoms with Gasteiger partial charge in [-0.1, -0.05) is 66.2 Å². The van der Waals surface area contributed by atoms with Gasteiger partial charge in [0.15, 0.2) is 5.96 Å². The van der Waals surface area contributed by atoms with Gasteiger partial charge in [-0.05, 0) is 74.8 Å². The summed E-state index contributed by atoms with van der Waals surface area (Å²) in [6.07, 6.45) is -4.94. The number of nitrogens with zero attached hydrogens (tertiary/aromatic N) is 1. The Balaban J connectivity index is 2.59. The number of aliphatic hydroxyl groups excluding tert-OH is 3. The van der Waals surface area contributed by atoms with Crippen molar-refractivity contribution in [3.05, 3.63) is 36.0 Å². The van der Waals surface area contributed by atoms with Gasteiger partial charge in [0.2, 0.25) is 82.7 Å². The summed E-state index contributed by atoms with van der Waals surface area (Å²) in [5, 5.41) is 77.4. The van der Waals surface area contributed by atoms with Gasteiger partial charge in [-0.2, -0.15) is 0 Å². The van der Waals surface area contributed by atoms with Crippen LogP contribution in [-0.2, 0) is 83.1 Å². The Labute approximate surface area is 592 Å². The van der Waals surface area contributed by atoms with Crippen LogP contribution in [0.2, 0.25) is 0 Å². The summed E-state index contributed by atoms with van der Waals surface area (Å²) < 4.78 is 0. The number of carboxylic acids is 2. The highest BCUT2D eigenvalue weighted by molar-refractivity contribution is 6.00. The number of amides is 14. The lowest BCUT2D eigenvalue weighted by molar-refractivity contribution is -0.144. The van der Waals surface area contributed by atoms with Crippen LogP contribution in [0, 0.1) is 17.8 Å². The number of carboxylic acid groups (broad SMARTS) is 2. The van der Waals surface area contributed by atoms with Gasteiger partial charge in [-0.15, -0.1) is 0 Å². The number of rotatable bonds is 48. The molecular formula is C63H101N19O21. The van der Waals surface area contributed by atoms with E-state index >= 15 is 0 Å². The molecule has 0 saturated heterocycles. The second-order valence-corrected chi connectivity index (χ2v) is 25.3. The fourth-order valence-corrected chi connectivity index (χ4v) is 10.0. The Morgan fingerprint density at radius 2 is 0.835 bits per heavy atom. The standard InChI is InChI=1S/C63H101N19O21/c1-8-30(6)49(81-61(101)50(31(7)85)82-56(96)40(24-32-25-71-35-13-10-9-12-33(32)35)76-57(97)41(26-83)77-54(94)37(16-20-44(66)87)72-51(91)34(64)15-19-43(65)86)60(100)75-38(17-21-45(67)88)53(93)73-36(14-11-23-70-63(68)69)52(92)74-39(18-22-46(89)90)55(95)79-47(28(2)3)59(99)78-42(27-84)58(98)80-48(29(4)5)62(102)103/h9-10,12-13,25,28-31,34,36-42,47-50,71,83-85H,8,11,14-24,26-27,64H2,1-7H3,(H2,65,86)(H2,66,87)(H2,67,88)(H,72,91)(H,73,93)(H,74,92)(H,75,100)(H,76,97)(H,77,94)(H,78,99)(H,79,95)(H,80,98)(H,81,101)(H,82,96)(H,89,90)(H,102,103)(H4,68,69,70)/t30-,31+,34-,36-,37-,38-,39-,40-,41-,42-,47-,48-,49-,50-/m0/s1. The summed E-state index contributed by atoms with van der Waals surface area (Å²) in [5.41, 5.74) is 33.8. The van der Waals surface area contributed by atoms with Gasteiger partial charge in [0.1, 0.15) is 66.5 Å². The maximum Gasteiger partial charge on any atom is 0.326 e. The molecule has 103 heavy (non-hydrogen) atoms. The van der Waals surface area contributed by atoms with Gasteiger partial charge < -0.3 is 123 Å². The van der Waals surface area contributed by atoms with E-state index < -0.39 is 243 Å². The van der Waals surface area contributed by atoms with Crippen LogP contribution in [0.3, 0.4) is 0 Å². The number of nitrogens with one attached hydrogen (secondary N) is 12. The lowest BCUT2D eigenvalue weighted by Gasteiger charge is -2.30. The minimum Gasteiger partial charge on any atom is -0.481 e. The van der Waals surface area contributed by atoms with E-state index in [-0.39, 0.29) is 51.0 Å². The molecule has 1 aromatic carbocycles. The molecule has 0 aliphatic rings. The van der Waals surface area contributed by atoms with Crippen molar-refractivity contribution >= 4 is 112 Å². The van der Waals surface area contributed by atoms with Crippen LogP contribution in [0.15, 0.2) is 35.5 Å². The smallest absolute Gasteiger partial charge is 0.326 e. The number of aliphatic carboxylic acids is 2. The highest BCUT2D eigenvalue weighted by Gasteiger charge is 2.39. The van der Waals surface area contributed by atoms with Gasteiger partial charge in [0.25, 0.3) is 0 Å². The Bertz CT molecular complexity index is 3340. The van der Waals surface area contributed by atoms with Crippen molar-refractivity contribution in [3.63, 3.8) is 0 Å². The number of aromatic amines is 1. The number of guanidine groups is 1. The molecule has 0 aliphatic carbocycles. The number of carbonyl (C=O) groups excluding carboxylic acids is 14. The number of nitrogens with two attached hydrogens (primary N) is 6. The van der Waals surface area contributed by atoms with Crippen molar-refractivity contribution in [2.75, 3.05) is 19.8 Å². The third-order valence-electron chi connectivity index (χ3n) is 16.2. The number of hydrogen-bond acceptors (Lipinski definition) is 21. The molecule has 0 aliphatic heterocycles. The number of benzene rings is 1. The molecule has 1 heterocycles. The van der Waals surface area contributed by atoms with E-state index in [1.54, 1.807) is 31.2 Å². The van der Waals surface area contributed by atoms with Crippen LogP contribution in [0.4, 0.5) is 0 Å².